The van der Waals surface area contributed by atoms with E-state index in [0.29, 0.717) is 40.7 Å². The minimum atomic E-state index is -0.422. The minimum absolute atomic E-state index is 0.130. The zero-order valence-corrected chi connectivity index (χ0v) is 20.1. The molecule has 0 bridgehead atoms. The maximum atomic E-state index is 13.3. The molecule has 0 unspecified atom stereocenters. The van der Waals surface area contributed by atoms with E-state index in [2.05, 4.69) is 10.4 Å². The van der Waals surface area contributed by atoms with Gasteiger partial charge in [-0.3, -0.25) is 4.79 Å². The van der Waals surface area contributed by atoms with Crippen molar-refractivity contribution in [2.45, 2.75) is 6.42 Å². The molecular formula is C28H24N6O3. The van der Waals surface area contributed by atoms with Crippen molar-refractivity contribution in [2.75, 3.05) is 19.4 Å². The van der Waals surface area contributed by atoms with E-state index < -0.39 is 5.97 Å². The fourth-order valence-corrected chi connectivity index (χ4v) is 3.99. The third kappa shape index (κ3) is 4.87. The van der Waals surface area contributed by atoms with E-state index >= 15 is 0 Å². The Balaban J connectivity index is 1.50. The number of rotatable bonds is 7. The molecule has 9 nitrogen and oxygen atoms in total. The summed E-state index contributed by atoms with van der Waals surface area (Å²) in [4.78, 5) is 34.3. The van der Waals surface area contributed by atoms with Gasteiger partial charge in [0.05, 0.1) is 29.9 Å². The highest BCUT2D eigenvalue weighted by molar-refractivity contribution is 6.10. The molecule has 5 aromatic rings. The smallest absolute Gasteiger partial charge is 0.337 e. The lowest BCUT2D eigenvalue weighted by atomic mass is 10.1. The third-order valence-corrected chi connectivity index (χ3v) is 5.90. The molecule has 0 spiro atoms. The predicted octanol–water partition coefficient (Wildman–Crippen LogP) is 3.81. The van der Waals surface area contributed by atoms with Crippen LogP contribution in [0.3, 0.4) is 0 Å². The van der Waals surface area contributed by atoms with E-state index in [1.165, 1.54) is 11.8 Å². The van der Waals surface area contributed by atoms with Crippen LogP contribution in [0.25, 0.3) is 22.2 Å². The summed E-state index contributed by atoms with van der Waals surface area (Å²) >= 11 is 0. The molecule has 0 fully saturated rings. The van der Waals surface area contributed by atoms with Crippen LogP contribution >= 0.6 is 0 Å². The SMILES string of the molecule is COC(=O)c1ccc(/C=N/n2c(N)c(C(=O)NCCc3ccccc3)c3nc4ccccc4nc32)cc1. The lowest BCUT2D eigenvalue weighted by Gasteiger charge is -2.06. The van der Waals surface area contributed by atoms with Crippen molar-refractivity contribution in [1.29, 1.82) is 0 Å². The summed E-state index contributed by atoms with van der Waals surface area (Å²) < 4.78 is 6.15. The molecule has 0 aliphatic rings. The first-order chi connectivity index (χ1) is 18.0. The average Bonchev–Trinajstić information content (AvgIpc) is 3.20. The zero-order valence-electron chi connectivity index (χ0n) is 20.1. The van der Waals surface area contributed by atoms with Crippen LogP contribution < -0.4 is 11.1 Å². The van der Waals surface area contributed by atoms with Gasteiger partial charge >= 0.3 is 5.97 Å². The highest BCUT2D eigenvalue weighted by Crippen LogP contribution is 2.27. The Hall–Kier alpha value is -5.05. The molecule has 0 atom stereocenters. The van der Waals surface area contributed by atoms with Crippen LogP contribution in [-0.4, -0.2) is 46.4 Å². The number of hydrogen-bond donors (Lipinski definition) is 2. The molecule has 2 aromatic heterocycles. The molecule has 0 radical (unpaired) electrons. The number of nitrogen functional groups attached to an aromatic ring is 1. The summed E-state index contributed by atoms with van der Waals surface area (Å²) in [6, 6.07) is 24.0. The Bertz CT molecular complexity index is 1630. The normalized spacial score (nSPS) is 11.3. The number of methoxy groups -OCH3 is 1. The van der Waals surface area contributed by atoms with Crippen LogP contribution in [0.2, 0.25) is 0 Å². The fraction of sp³-hybridized carbons (Fsp3) is 0.107. The molecule has 0 aliphatic heterocycles. The average molecular weight is 493 g/mol. The number of nitrogens with one attached hydrogen (secondary N) is 1. The molecule has 0 aliphatic carbocycles. The summed E-state index contributed by atoms with van der Waals surface area (Å²) in [5, 5.41) is 7.45. The first-order valence-corrected chi connectivity index (χ1v) is 11.7. The number of fused-ring (bicyclic) bond motifs is 2. The minimum Gasteiger partial charge on any atom is -0.465 e. The number of amides is 1. The van der Waals surface area contributed by atoms with Gasteiger partial charge in [-0.25, -0.2) is 14.8 Å². The number of hydrogen-bond acceptors (Lipinski definition) is 7. The molecule has 3 N–H and O–H groups in total. The maximum absolute atomic E-state index is 13.3. The Labute approximate surface area is 212 Å². The number of aromatic nitrogens is 3. The number of carbonyl (C=O) groups is 2. The van der Waals surface area contributed by atoms with Gasteiger partial charge in [0.2, 0.25) is 0 Å². The van der Waals surface area contributed by atoms with Gasteiger partial charge in [0.25, 0.3) is 5.91 Å². The van der Waals surface area contributed by atoms with Crippen LogP contribution in [-0.2, 0) is 11.2 Å². The van der Waals surface area contributed by atoms with Gasteiger partial charge in [-0.2, -0.15) is 9.78 Å². The number of nitrogens with two attached hydrogens (primary N) is 1. The first-order valence-electron chi connectivity index (χ1n) is 11.7. The molecule has 1 amide bonds. The van der Waals surface area contributed by atoms with Crippen LogP contribution in [0.4, 0.5) is 5.82 Å². The Morgan fingerprint density at radius 1 is 0.973 bits per heavy atom. The van der Waals surface area contributed by atoms with E-state index in [1.54, 1.807) is 30.5 Å². The van der Waals surface area contributed by atoms with Crippen molar-refractivity contribution in [1.82, 2.24) is 20.0 Å². The second-order valence-corrected chi connectivity index (χ2v) is 8.31. The second kappa shape index (κ2) is 10.3. The highest BCUT2D eigenvalue weighted by Gasteiger charge is 2.24. The van der Waals surface area contributed by atoms with E-state index in [4.69, 9.17) is 20.4 Å². The van der Waals surface area contributed by atoms with Crippen LogP contribution in [0, 0.1) is 0 Å². The van der Waals surface area contributed by atoms with Gasteiger partial charge in [0.1, 0.15) is 16.9 Å². The van der Waals surface area contributed by atoms with Gasteiger partial charge in [-0.05, 0) is 41.8 Å². The molecule has 3 aromatic carbocycles. The quantitative estimate of drug-likeness (QED) is 0.263. The monoisotopic (exact) mass is 492 g/mol. The number of anilines is 1. The summed E-state index contributed by atoms with van der Waals surface area (Å²) in [6.45, 7) is 0.436. The van der Waals surface area contributed by atoms with Crippen molar-refractivity contribution in [2.24, 2.45) is 5.10 Å². The Kier molecular flexibility index (Phi) is 6.58. The predicted molar refractivity (Wildman–Crippen MR) is 143 cm³/mol. The van der Waals surface area contributed by atoms with Gasteiger partial charge in [-0.15, -0.1) is 0 Å². The van der Waals surface area contributed by atoms with E-state index in [0.717, 1.165) is 11.1 Å². The molecule has 0 saturated heterocycles. The summed E-state index contributed by atoms with van der Waals surface area (Å²) in [6.07, 6.45) is 2.25. The Morgan fingerprint density at radius 3 is 2.35 bits per heavy atom. The molecule has 2 heterocycles. The van der Waals surface area contributed by atoms with Crippen molar-refractivity contribution in [3.05, 3.63) is 101 Å². The number of benzene rings is 3. The van der Waals surface area contributed by atoms with Crippen LogP contribution in [0.5, 0.6) is 0 Å². The number of para-hydroxylation sites is 2. The van der Waals surface area contributed by atoms with Crippen molar-refractivity contribution in [3.63, 3.8) is 0 Å². The lowest BCUT2D eigenvalue weighted by Crippen LogP contribution is -2.26. The molecule has 0 saturated carbocycles. The van der Waals surface area contributed by atoms with Crippen LogP contribution in [0.1, 0.15) is 31.8 Å². The van der Waals surface area contributed by atoms with Crippen molar-refractivity contribution in [3.8, 4) is 0 Å². The lowest BCUT2D eigenvalue weighted by molar-refractivity contribution is 0.0600. The number of nitrogens with zero attached hydrogens (tertiary/aromatic N) is 4. The fourth-order valence-electron chi connectivity index (χ4n) is 3.99. The number of carbonyl (C=O) groups excluding carboxylic acids is 2. The number of esters is 1. The maximum Gasteiger partial charge on any atom is 0.337 e. The van der Waals surface area contributed by atoms with E-state index in [-0.39, 0.29) is 17.3 Å². The topological polar surface area (TPSA) is 124 Å². The van der Waals surface area contributed by atoms with Gasteiger partial charge in [0, 0.05) is 6.54 Å². The molecule has 9 heteroatoms. The van der Waals surface area contributed by atoms with E-state index in [9.17, 15) is 9.59 Å². The summed E-state index contributed by atoms with van der Waals surface area (Å²) in [5.74, 6) is -0.640. The van der Waals surface area contributed by atoms with Gasteiger partial charge < -0.3 is 15.8 Å². The van der Waals surface area contributed by atoms with Gasteiger partial charge in [-0.1, -0.05) is 54.6 Å². The molecule has 184 valence electrons. The highest BCUT2D eigenvalue weighted by atomic mass is 16.5. The molecule has 5 rings (SSSR count). The van der Waals surface area contributed by atoms with Crippen LogP contribution in [0.15, 0.2) is 84.0 Å². The third-order valence-electron chi connectivity index (χ3n) is 5.90. The van der Waals surface area contributed by atoms with E-state index in [1.807, 2.05) is 54.6 Å². The number of ether oxygens (including phenoxy) is 1. The molecular weight excluding hydrogens is 468 g/mol. The van der Waals surface area contributed by atoms with Gasteiger partial charge in [0.15, 0.2) is 5.65 Å². The van der Waals surface area contributed by atoms with Crippen molar-refractivity contribution < 1.29 is 14.3 Å². The largest absolute Gasteiger partial charge is 0.465 e. The van der Waals surface area contributed by atoms with Crippen molar-refractivity contribution >= 4 is 46.1 Å². The zero-order chi connectivity index (χ0) is 25.8. The standard InChI is InChI=1S/C28H24N6O3/c1-37-28(36)20-13-11-19(12-14-20)17-31-34-25(29)23(27(35)30-16-15-18-7-3-2-4-8-18)24-26(34)33-22-10-6-5-9-21(22)32-24/h2-14,17H,15-16,29H2,1H3,(H,30,35)/b31-17+. The first kappa shape index (κ1) is 23.7. The summed E-state index contributed by atoms with van der Waals surface area (Å²) in [7, 11) is 1.33. The Morgan fingerprint density at radius 2 is 1.65 bits per heavy atom. The molecule has 37 heavy (non-hydrogen) atoms. The second-order valence-electron chi connectivity index (χ2n) is 8.31. The summed E-state index contributed by atoms with van der Waals surface area (Å²) in [5.41, 5.74) is 11.0.